The fraction of sp³-hybridized carbons (Fsp3) is 0.0909. The predicted octanol–water partition coefficient (Wildman–Crippen LogP) is 3.96. The minimum Gasteiger partial charge on any atom is -0.457 e. The van der Waals surface area contributed by atoms with Gasteiger partial charge in [0.2, 0.25) is 5.88 Å². The summed E-state index contributed by atoms with van der Waals surface area (Å²) in [5.74, 6) is 1.22. The molecule has 0 aliphatic carbocycles. The molecule has 6 nitrogen and oxygen atoms in total. The monoisotopic (exact) mass is 372 g/mol. The highest BCUT2D eigenvalue weighted by Gasteiger charge is 2.34. The molecule has 0 saturated heterocycles. The van der Waals surface area contributed by atoms with E-state index >= 15 is 0 Å². The molecule has 0 unspecified atom stereocenters. The van der Waals surface area contributed by atoms with E-state index in [1.165, 1.54) is 0 Å². The minimum absolute atomic E-state index is 0.0284. The Balaban J connectivity index is 1.83. The van der Waals surface area contributed by atoms with Gasteiger partial charge in [-0.1, -0.05) is 30.3 Å². The molecular weight excluding hydrogens is 356 g/mol. The smallest absolute Gasteiger partial charge is 0.343 e. The van der Waals surface area contributed by atoms with Gasteiger partial charge in [-0.15, -0.1) is 0 Å². The summed E-state index contributed by atoms with van der Waals surface area (Å²) in [7, 11) is 0. The van der Waals surface area contributed by atoms with Crippen molar-refractivity contribution in [3.63, 3.8) is 0 Å². The Morgan fingerprint density at radius 2 is 1.82 bits per heavy atom. The molecule has 1 atom stereocenters. The molecule has 1 aliphatic heterocycles. The quantitative estimate of drug-likeness (QED) is 0.747. The first-order chi connectivity index (χ1) is 13.6. The van der Waals surface area contributed by atoms with Gasteiger partial charge < -0.3 is 19.6 Å². The number of fused-ring (bicyclic) bond motifs is 1. The van der Waals surface area contributed by atoms with E-state index in [0.717, 1.165) is 0 Å². The van der Waals surface area contributed by atoms with Crippen LogP contribution < -0.4 is 20.8 Å². The van der Waals surface area contributed by atoms with Crippen LogP contribution in [-0.4, -0.2) is 0 Å². The highest BCUT2D eigenvalue weighted by molar-refractivity contribution is 5.55. The van der Waals surface area contributed by atoms with Crippen molar-refractivity contribution in [1.29, 1.82) is 5.26 Å². The molecule has 0 fully saturated rings. The molecule has 0 bridgehead atoms. The number of hydrogen-bond acceptors (Lipinski definition) is 6. The van der Waals surface area contributed by atoms with Crippen molar-refractivity contribution in [2.45, 2.75) is 12.8 Å². The van der Waals surface area contributed by atoms with E-state index in [2.05, 4.69) is 6.07 Å². The van der Waals surface area contributed by atoms with Gasteiger partial charge in [-0.2, -0.15) is 5.26 Å². The summed E-state index contributed by atoms with van der Waals surface area (Å²) in [4.78, 5) is 12.6. The van der Waals surface area contributed by atoms with Gasteiger partial charge in [0.25, 0.3) is 0 Å². The van der Waals surface area contributed by atoms with Crippen molar-refractivity contribution >= 4 is 0 Å². The molecule has 0 spiro atoms. The van der Waals surface area contributed by atoms with Crippen LogP contribution in [0, 0.1) is 18.3 Å². The van der Waals surface area contributed by atoms with Crippen LogP contribution in [0.2, 0.25) is 0 Å². The molecule has 2 N–H and O–H groups in total. The number of nitrogens with two attached hydrogens (primary N) is 1. The first-order valence-corrected chi connectivity index (χ1v) is 8.62. The third kappa shape index (κ3) is 3.10. The molecule has 138 valence electrons. The van der Waals surface area contributed by atoms with Crippen LogP contribution in [0.4, 0.5) is 0 Å². The van der Waals surface area contributed by atoms with Crippen molar-refractivity contribution in [2.24, 2.45) is 5.73 Å². The van der Waals surface area contributed by atoms with E-state index in [9.17, 15) is 10.1 Å². The van der Waals surface area contributed by atoms with E-state index < -0.39 is 11.5 Å². The topological polar surface area (TPSA) is 98.5 Å². The Bertz CT molecular complexity index is 1170. The summed E-state index contributed by atoms with van der Waals surface area (Å²) in [5.41, 5.74) is 6.48. The Morgan fingerprint density at radius 1 is 1.07 bits per heavy atom. The van der Waals surface area contributed by atoms with Crippen LogP contribution in [0.5, 0.6) is 17.2 Å². The number of nitriles is 1. The molecule has 0 radical (unpaired) electrons. The molecule has 0 saturated carbocycles. The largest absolute Gasteiger partial charge is 0.457 e. The number of aryl methyl sites for hydroxylation is 1. The lowest BCUT2D eigenvalue weighted by Gasteiger charge is -2.25. The number of hydrogen-bond donors (Lipinski definition) is 1. The SMILES string of the molecule is Cc1cc2c(c(=O)o1)[C@H](c1cccc(Oc3ccccc3)c1)C(C#N)=C(N)O2. The fourth-order valence-electron chi connectivity index (χ4n) is 3.23. The number of allylic oxidation sites excluding steroid dienone is 1. The Kier molecular flexibility index (Phi) is 4.34. The summed E-state index contributed by atoms with van der Waals surface area (Å²) in [5, 5.41) is 9.64. The second-order valence-corrected chi connectivity index (χ2v) is 6.33. The van der Waals surface area contributed by atoms with E-state index in [4.69, 9.17) is 19.6 Å². The molecule has 28 heavy (non-hydrogen) atoms. The highest BCUT2D eigenvalue weighted by Crippen LogP contribution is 2.41. The van der Waals surface area contributed by atoms with Gasteiger partial charge in [-0.25, -0.2) is 4.79 Å². The normalized spacial score (nSPS) is 15.4. The third-order valence-corrected chi connectivity index (χ3v) is 4.43. The molecule has 6 heteroatoms. The van der Waals surface area contributed by atoms with E-state index in [1.807, 2.05) is 36.4 Å². The first-order valence-electron chi connectivity index (χ1n) is 8.62. The standard InChI is InChI=1S/C22H16N2O4/c1-13-10-18-20(22(25)26-13)19(17(12-23)21(24)28-18)14-6-5-9-16(11-14)27-15-7-3-2-4-8-15/h2-11,19H,24H2,1H3/t19-/m1/s1. The zero-order chi connectivity index (χ0) is 19.7. The first kappa shape index (κ1) is 17.4. The Morgan fingerprint density at radius 3 is 2.57 bits per heavy atom. The lowest BCUT2D eigenvalue weighted by Crippen LogP contribution is -2.26. The lowest BCUT2D eigenvalue weighted by atomic mass is 9.84. The fourth-order valence-corrected chi connectivity index (χ4v) is 3.23. The number of ether oxygens (including phenoxy) is 2. The number of rotatable bonds is 3. The maximum absolute atomic E-state index is 12.6. The Hall–Kier alpha value is -3.98. The van der Waals surface area contributed by atoms with Gasteiger partial charge in [-0.05, 0) is 36.8 Å². The molecule has 4 rings (SSSR count). The van der Waals surface area contributed by atoms with Gasteiger partial charge in [0.1, 0.15) is 34.7 Å². The van der Waals surface area contributed by atoms with Crippen LogP contribution in [0.3, 0.4) is 0 Å². The van der Waals surface area contributed by atoms with Crippen molar-refractivity contribution in [3.05, 3.63) is 99.4 Å². The molecule has 3 aromatic rings. The zero-order valence-electron chi connectivity index (χ0n) is 15.0. The van der Waals surface area contributed by atoms with Crippen LogP contribution in [-0.2, 0) is 0 Å². The van der Waals surface area contributed by atoms with Crippen molar-refractivity contribution < 1.29 is 13.9 Å². The summed E-state index contributed by atoms with van der Waals surface area (Å²) >= 11 is 0. The van der Waals surface area contributed by atoms with Gasteiger partial charge in [-0.3, -0.25) is 0 Å². The van der Waals surface area contributed by atoms with E-state index in [1.54, 1.807) is 31.2 Å². The molecule has 1 aliphatic rings. The summed E-state index contributed by atoms with van der Waals surface area (Å²) in [6, 6.07) is 20.2. The van der Waals surface area contributed by atoms with Crippen molar-refractivity contribution in [2.75, 3.05) is 0 Å². The maximum Gasteiger partial charge on any atom is 0.343 e. The van der Waals surface area contributed by atoms with Crippen molar-refractivity contribution in [3.8, 4) is 23.3 Å². The second kappa shape index (κ2) is 6.97. The van der Waals surface area contributed by atoms with Gasteiger partial charge in [0.05, 0.1) is 11.5 Å². The highest BCUT2D eigenvalue weighted by atomic mass is 16.5. The van der Waals surface area contributed by atoms with E-state index in [-0.39, 0.29) is 17.0 Å². The van der Waals surface area contributed by atoms with Crippen LogP contribution in [0.25, 0.3) is 0 Å². The molecule has 0 amide bonds. The maximum atomic E-state index is 12.6. The van der Waals surface area contributed by atoms with Crippen LogP contribution in [0.15, 0.2) is 81.3 Å². The average molecular weight is 372 g/mol. The van der Waals surface area contributed by atoms with Gasteiger partial charge in [0, 0.05) is 6.07 Å². The summed E-state index contributed by atoms with van der Waals surface area (Å²) in [6.45, 7) is 1.65. The predicted molar refractivity (Wildman–Crippen MR) is 102 cm³/mol. The van der Waals surface area contributed by atoms with Crippen LogP contribution >= 0.6 is 0 Å². The van der Waals surface area contributed by atoms with Crippen molar-refractivity contribution in [1.82, 2.24) is 0 Å². The summed E-state index contributed by atoms with van der Waals surface area (Å²) < 4.78 is 16.6. The molecule has 1 aromatic heterocycles. The average Bonchev–Trinajstić information content (AvgIpc) is 2.67. The minimum atomic E-state index is -0.704. The zero-order valence-corrected chi connectivity index (χ0v) is 15.0. The third-order valence-electron chi connectivity index (χ3n) is 4.43. The molecule has 2 heterocycles. The molecule has 2 aromatic carbocycles. The Labute approximate surface area is 161 Å². The van der Waals surface area contributed by atoms with Gasteiger partial charge >= 0.3 is 5.63 Å². The second-order valence-electron chi connectivity index (χ2n) is 6.33. The number of para-hydroxylation sites is 1. The van der Waals surface area contributed by atoms with E-state index in [0.29, 0.717) is 28.6 Å². The number of nitrogens with zero attached hydrogens (tertiary/aromatic N) is 1. The lowest BCUT2D eigenvalue weighted by molar-refractivity contribution is 0.371. The summed E-state index contributed by atoms with van der Waals surface area (Å²) in [6.07, 6.45) is 0. The number of benzene rings is 2. The van der Waals surface area contributed by atoms with Gasteiger partial charge in [0.15, 0.2) is 0 Å². The molecular formula is C22H16N2O4. The van der Waals surface area contributed by atoms with Crippen LogP contribution in [0.1, 0.15) is 22.8 Å².